The molecule has 1 amide bonds. The molecule has 1 saturated heterocycles. The molecule has 0 bridgehead atoms. The second-order valence-electron chi connectivity index (χ2n) is 7.74. The van der Waals surface area contributed by atoms with Gasteiger partial charge in [0.05, 0.1) is 12.6 Å². The van der Waals surface area contributed by atoms with Gasteiger partial charge in [-0.3, -0.25) is 4.79 Å². The lowest BCUT2D eigenvalue weighted by Crippen LogP contribution is -2.32. The van der Waals surface area contributed by atoms with Crippen molar-refractivity contribution < 1.29 is 9.53 Å². The van der Waals surface area contributed by atoms with E-state index >= 15 is 0 Å². The number of benzene rings is 2. The minimum Gasteiger partial charge on any atom is -0.493 e. The van der Waals surface area contributed by atoms with Crippen molar-refractivity contribution in [2.45, 2.75) is 51.5 Å². The average molecular weight is 349 g/mol. The minimum absolute atomic E-state index is 0.233. The van der Waals surface area contributed by atoms with E-state index in [0.29, 0.717) is 13.0 Å². The van der Waals surface area contributed by atoms with Gasteiger partial charge in [-0.05, 0) is 56.2 Å². The van der Waals surface area contributed by atoms with Crippen LogP contribution >= 0.6 is 0 Å². The van der Waals surface area contributed by atoms with Crippen LogP contribution in [0.5, 0.6) is 5.75 Å². The fraction of sp³-hybridized carbons (Fsp3) is 0.435. The van der Waals surface area contributed by atoms with Gasteiger partial charge in [0.2, 0.25) is 5.91 Å². The molecule has 0 aromatic heterocycles. The maximum atomic E-state index is 13.2. The van der Waals surface area contributed by atoms with Crippen LogP contribution in [-0.4, -0.2) is 24.0 Å². The molecule has 0 saturated carbocycles. The number of carbonyl (C=O) groups is 1. The quantitative estimate of drug-likeness (QED) is 0.787. The Morgan fingerprint density at radius 3 is 2.69 bits per heavy atom. The number of hydrogen-bond donors (Lipinski definition) is 0. The fourth-order valence-electron chi connectivity index (χ4n) is 4.57. The number of likely N-dealkylation sites (tertiary alicyclic amines) is 1. The summed E-state index contributed by atoms with van der Waals surface area (Å²) in [6, 6.07) is 15.1. The maximum absolute atomic E-state index is 13.2. The molecular formula is C23H27NO2. The van der Waals surface area contributed by atoms with Crippen LogP contribution in [0, 0.1) is 13.8 Å². The van der Waals surface area contributed by atoms with Crippen LogP contribution in [0.4, 0.5) is 0 Å². The van der Waals surface area contributed by atoms with E-state index in [9.17, 15) is 4.79 Å². The van der Waals surface area contributed by atoms with Crippen molar-refractivity contribution in [3.05, 3.63) is 64.7 Å². The Balaban J connectivity index is 1.53. The van der Waals surface area contributed by atoms with E-state index in [1.54, 1.807) is 0 Å². The van der Waals surface area contributed by atoms with Gasteiger partial charge in [-0.1, -0.05) is 47.5 Å². The average Bonchev–Trinajstić information content (AvgIpc) is 3.11. The molecule has 0 radical (unpaired) electrons. The molecule has 3 nitrogen and oxygen atoms in total. The van der Waals surface area contributed by atoms with Crippen LogP contribution in [0.2, 0.25) is 0 Å². The zero-order chi connectivity index (χ0) is 18.1. The normalized spacial score (nSPS) is 22.0. The van der Waals surface area contributed by atoms with Gasteiger partial charge in [-0.2, -0.15) is 0 Å². The Morgan fingerprint density at radius 2 is 1.88 bits per heavy atom. The Labute approximate surface area is 156 Å². The van der Waals surface area contributed by atoms with E-state index in [1.165, 1.54) is 22.3 Å². The molecule has 2 heterocycles. The maximum Gasteiger partial charge on any atom is 0.223 e. The van der Waals surface area contributed by atoms with E-state index in [0.717, 1.165) is 31.6 Å². The largest absolute Gasteiger partial charge is 0.493 e. The van der Waals surface area contributed by atoms with Gasteiger partial charge < -0.3 is 9.64 Å². The molecule has 136 valence electrons. The first-order valence-electron chi connectivity index (χ1n) is 9.71. The molecule has 2 aliphatic rings. The third kappa shape index (κ3) is 3.35. The van der Waals surface area contributed by atoms with E-state index < -0.39 is 0 Å². The Morgan fingerprint density at radius 1 is 1.12 bits per heavy atom. The van der Waals surface area contributed by atoms with Crippen LogP contribution in [-0.2, 0) is 4.79 Å². The highest BCUT2D eigenvalue weighted by atomic mass is 16.5. The monoisotopic (exact) mass is 349 g/mol. The zero-order valence-corrected chi connectivity index (χ0v) is 15.7. The molecule has 2 aromatic carbocycles. The minimum atomic E-state index is 0.233. The highest BCUT2D eigenvalue weighted by molar-refractivity contribution is 5.78. The first-order chi connectivity index (χ1) is 12.6. The number of fused-ring (bicyclic) bond motifs is 1. The van der Waals surface area contributed by atoms with Gasteiger partial charge in [-0.25, -0.2) is 0 Å². The zero-order valence-electron chi connectivity index (χ0n) is 15.7. The number of amides is 1. The first kappa shape index (κ1) is 17.1. The van der Waals surface area contributed by atoms with Crippen molar-refractivity contribution in [3.8, 4) is 5.75 Å². The second kappa shape index (κ2) is 7.14. The van der Waals surface area contributed by atoms with Gasteiger partial charge in [0.1, 0.15) is 5.75 Å². The lowest BCUT2D eigenvalue weighted by atomic mass is 9.89. The molecule has 0 aliphatic carbocycles. The van der Waals surface area contributed by atoms with Gasteiger partial charge in [0.15, 0.2) is 0 Å². The number of carbonyl (C=O) groups excluding carboxylic acids is 1. The molecule has 0 spiro atoms. The van der Waals surface area contributed by atoms with E-state index in [-0.39, 0.29) is 17.9 Å². The standard InChI is InChI=1S/C23H27NO2/c1-16-12-17(2)14-19(13-16)21-7-5-10-24(21)23(25)15-18-9-11-26-22-8-4-3-6-20(18)22/h3-4,6,8,12-14,18,21H,5,7,9-11,15H2,1-2H3. The number of nitrogens with zero attached hydrogens (tertiary/aromatic N) is 1. The Kier molecular flexibility index (Phi) is 4.71. The van der Waals surface area contributed by atoms with Crippen molar-refractivity contribution >= 4 is 5.91 Å². The van der Waals surface area contributed by atoms with Crippen LogP contribution in [0.3, 0.4) is 0 Å². The summed E-state index contributed by atoms with van der Waals surface area (Å²) in [5.41, 5.74) is 5.03. The molecule has 4 rings (SSSR count). The Hall–Kier alpha value is -2.29. The predicted molar refractivity (Wildman–Crippen MR) is 104 cm³/mol. The molecule has 2 aliphatic heterocycles. The van der Waals surface area contributed by atoms with Gasteiger partial charge in [0, 0.05) is 13.0 Å². The van der Waals surface area contributed by atoms with Crippen LogP contribution in [0.1, 0.15) is 59.9 Å². The molecule has 26 heavy (non-hydrogen) atoms. The summed E-state index contributed by atoms with van der Waals surface area (Å²) in [6.07, 6.45) is 3.67. The fourth-order valence-corrected chi connectivity index (χ4v) is 4.57. The molecule has 1 fully saturated rings. The van der Waals surface area contributed by atoms with Crippen molar-refractivity contribution in [1.29, 1.82) is 0 Å². The van der Waals surface area contributed by atoms with Crippen molar-refractivity contribution in [2.24, 2.45) is 0 Å². The highest BCUT2D eigenvalue weighted by Gasteiger charge is 2.32. The lowest BCUT2D eigenvalue weighted by Gasteiger charge is -2.30. The van der Waals surface area contributed by atoms with E-state index in [1.807, 2.05) is 18.2 Å². The summed E-state index contributed by atoms with van der Waals surface area (Å²) in [7, 11) is 0. The number of hydrogen-bond acceptors (Lipinski definition) is 2. The summed E-state index contributed by atoms with van der Waals surface area (Å²) in [5, 5.41) is 0. The molecule has 2 aromatic rings. The molecule has 3 heteroatoms. The SMILES string of the molecule is Cc1cc(C)cc(C2CCCN2C(=O)CC2CCOc3ccccc32)c1. The molecule has 2 atom stereocenters. The third-order valence-electron chi connectivity index (χ3n) is 5.71. The summed E-state index contributed by atoms with van der Waals surface area (Å²) in [6.45, 7) is 5.85. The third-order valence-corrected chi connectivity index (χ3v) is 5.71. The summed E-state index contributed by atoms with van der Waals surface area (Å²) >= 11 is 0. The second-order valence-corrected chi connectivity index (χ2v) is 7.74. The van der Waals surface area contributed by atoms with Gasteiger partial charge in [0.25, 0.3) is 0 Å². The Bertz CT molecular complexity index is 793. The predicted octanol–water partition coefficient (Wildman–Crippen LogP) is 4.92. The van der Waals surface area contributed by atoms with Crippen molar-refractivity contribution in [2.75, 3.05) is 13.2 Å². The summed E-state index contributed by atoms with van der Waals surface area (Å²) in [4.78, 5) is 15.3. The van der Waals surface area contributed by atoms with Crippen LogP contribution in [0.15, 0.2) is 42.5 Å². The molecular weight excluding hydrogens is 322 g/mol. The van der Waals surface area contributed by atoms with Crippen molar-refractivity contribution in [3.63, 3.8) is 0 Å². The van der Waals surface area contributed by atoms with Crippen LogP contribution < -0.4 is 4.74 Å². The van der Waals surface area contributed by atoms with Crippen molar-refractivity contribution in [1.82, 2.24) is 4.90 Å². The number of rotatable bonds is 3. The summed E-state index contributed by atoms with van der Waals surface area (Å²) < 4.78 is 5.75. The van der Waals surface area contributed by atoms with E-state index in [2.05, 4.69) is 43.0 Å². The van der Waals surface area contributed by atoms with E-state index in [4.69, 9.17) is 4.74 Å². The highest BCUT2D eigenvalue weighted by Crippen LogP contribution is 2.38. The van der Waals surface area contributed by atoms with Gasteiger partial charge >= 0.3 is 0 Å². The summed E-state index contributed by atoms with van der Waals surface area (Å²) in [5.74, 6) is 1.50. The first-order valence-corrected chi connectivity index (χ1v) is 9.71. The number of aryl methyl sites for hydroxylation is 2. The van der Waals surface area contributed by atoms with Gasteiger partial charge in [-0.15, -0.1) is 0 Å². The lowest BCUT2D eigenvalue weighted by molar-refractivity contribution is -0.132. The number of ether oxygens (including phenoxy) is 1. The number of para-hydroxylation sites is 1. The van der Waals surface area contributed by atoms with Crippen LogP contribution in [0.25, 0.3) is 0 Å². The molecule has 0 N–H and O–H groups in total. The smallest absolute Gasteiger partial charge is 0.223 e. The molecule has 2 unspecified atom stereocenters. The topological polar surface area (TPSA) is 29.5 Å².